The fraction of sp³-hybridized carbons (Fsp3) is 0.273. The fourth-order valence-electron chi connectivity index (χ4n) is 1.25. The number of aromatic nitrogens is 2. The molecule has 0 amide bonds. The lowest BCUT2D eigenvalue weighted by atomic mass is 10.3. The highest BCUT2D eigenvalue weighted by Crippen LogP contribution is 2.37. The van der Waals surface area contributed by atoms with Crippen LogP contribution < -0.4 is 10.5 Å². The van der Waals surface area contributed by atoms with Gasteiger partial charge in [0, 0.05) is 4.90 Å². The van der Waals surface area contributed by atoms with Gasteiger partial charge in [0.25, 0.3) is 0 Å². The first-order chi connectivity index (χ1) is 8.31. The topological polar surface area (TPSA) is 61.0 Å². The van der Waals surface area contributed by atoms with Gasteiger partial charge in [-0.3, -0.25) is 0 Å². The molecule has 0 radical (unpaired) electrons. The first-order valence-corrected chi connectivity index (χ1v) is 6.96. The highest BCUT2D eigenvalue weighted by molar-refractivity contribution is 8.01. The summed E-state index contributed by atoms with van der Waals surface area (Å²) >= 11 is 3.00. The third-order valence-electron chi connectivity index (χ3n) is 2.03. The Morgan fingerprint density at radius 1 is 1.47 bits per heavy atom. The number of anilines is 1. The van der Waals surface area contributed by atoms with Crippen LogP contribution in [0, 0.1) is 0 Å². The Morgan fingerprint density at radius 3 is 3.06 bits per heavy atom. The van der Waals surface area contributed by atoms with Crippen LogP contribution in [-0.4, -0.2) is 16.8 Å². The van der Waals surface area contributed by atoms with Crippen LogP contribution in [0.3, 0.4) is 0 Å². The van der Waals surface area contributed by atoms with E-state index in [0.717, 1.165) is 21.4 Å². The molecule has 4 nitrogen and oxygen atoms in total. The second-order valence-electron chi connectivity index (χ2n) is 3.32. The lowest BCUT2D eigenvalue weighted by Crippen LogP contribution is -1.99. The van der Waals surface area contributed by atoms with Crippen LogP contribution in [0.2, 0.25) is 0 Å². The first-order valence-electron chi connectivity index (χ1n) is 5.26. The first kappa shape index (κ1) is 12.2. The van der Waals surface area contributed by atoms with Gasteiger partial charge < -0.3 is 10.5 Å². The number of nitrogens with two attached hydrogens (primary N) is 1. The molecule has 0 unspecified atom stereocenters. The van der Waals surface area contributed by atoms with Crippen LogP contribution in [0.1, 0.15) is 13.3 Å². The summed E-state index contributed by atoms with van der Waals surface area (Å²) in [6.45, 7) is 2.74. The number of nitrogen functional groups attached to an aromatic ring is 1. The summed E-state index contributed by atoms with van der Waals surface area (Å²) < 4.78 is 6.45. The quantitative estimate of drug-likeness (QED) is 0.844. The minimum atomic E-state index is 0.668. The average Bonchev–Trinajstić information content (AvgIpc) is 2.83. The van der Waals surface area contributed by atoms with Gasteiger partial charge in [0.05, 0.1) is 12.3 Å². The molecule has 1 heterocycles. The summed E-state index contributed by atoms with van der Waals surface area (Å²) in [4.78, 5) is 0.954. The zero-order valence-corrected chi connectivity index (χ0v) is 11.1. The van der Waals surface area contributed by atoms with Gasteiger partial charge in [0.2, 0.25) is 0 Å². The Labute approximate surface area is 108 Å². The largest absolute Gasteiger partial charge is 0.491 e. The molecule has 0 aliphatic rings. The summed E-state index contributed by atoms with van der Waals surface area (Å²) in [6, 6.07) is 5.78. The lowest BCUT2D eigenvalue weighted by Gasteiger charge is -2.10. The van der Waals surface area contributed by atoms with Crippen molar-refractivity contribution in [1.29, 1.82) is 0 Å². The maximum absolute atomic E-state index is 6.05. The molecule has 0 spiro atoms. The van der Waals surface area contributed by atoms with E-state index in [1.54, 1.807) is 5.51 Å². The van der Waals surface area contributed by atoms with Gasteiger partial charge in [-0.25, -0.2) is 0 Å². The van der Waals surface area contributed by atoms with Gasteiger partial charge in [-0.05, 0) is 18.6 Å². The van der Waals surface area contributed by atoms with Crippen LogP contribution in [-0.2, 0) is 0 Å². The van der Waals surface area contributed by atoms with E-state index in [1.165, 1.54) is 23.1 Å². The highest BCUT2D eigenvalue weighted by atomic mass is 32.2. The summed E-state index contributed by atoms with van der Waals surface area (Å²) in [7, 11) is 0. The van der Waals surface area contributed by atoms with Gasteiger partial charge in [-0.15, -0.1) is 10.2 Å². The molecule has 0 saturated carbocycles. The molecule has 0 fully saturated rings. The molecule has 6 heteroatoms. The number of para-hydroxylation sites is 1. The van der Waals surface area contributed by atoms with Crippen molar-refractivity contribution in [1.82, 2.24) is 10.2 Å². The van der Waals surface area contributed by atoms with Crippen LogP contribution in [0.15, 0.2) is 32.9 Å². The van der Waals surface area contributed by atoms with Gasteiger partial charge in [-0.2, -0.15) is 0 Å². The van der Waals surface area contributed by atoms with E-state index >= 15 is 0 Å². The predicted octanol–water partition coefficient (Wildman–Crippen LogP) is 3.06. The molecule has 90 valence electrons. The fourth-order valence-corrected chi connectivity index (χ4v) is 2.76. The molecule has 17 heavy (non-hydrogen) atoms. The summed E-state index contributed by atoms with van der Waals surface area (Å²) in [6.07, 6.45) is 0.965. The van der Waals surface area contributed by atoms with Gasteiger partial charge >= 0.3 is 0 Å². The van der Waals surface area contributed by atoms with Crippen LogP contribution in [0.4, 0.5) is 5.69 Å². The summed E-state index contributed by atoms with van der Waals surface area (Å²) in [5.74, 6) is 0.737. The lowest BCUT2D eigenvalue weighted by molar-refractivity contribution is 0.318. The predicted molar refractivity (Wildman–Crippen MR) is 70.7 cm³/mol. The van der Waals surface area contributed by atoms with Crippen molar-refractivity contribution in [3.63, 3.8) is 0 Å². The molecule has 2 aromatic rings. The van der Waals surface area contributed by atoms with E-state index < -0.39 is 0 Å². The third-order valence-corrected chi connectivity index (χ3v) is 3.88. The molecule has 0 bridgehead atoms. The minimum absolute atomic E-state index is 0.668. The SMILES string of the molecule is CCCOc1cccc(Sc2nncs2)c1N. The molecule has 0 saturated heterocycles. The van der Waals surface area contributed by atoms with Gasteiger partial charge in [-0.1, -0.05) is 36.1 Å². The number of benzene rings is 1. The zero-order chi connectivity index (χ0) is 12.1. The number of ether oxygens (including phenoxy) is 1. The van der Waals surface area contributed by atoms with Crippen molar-refractivity contribution in [2.45, 2.75) is 22.6 Å². The maximum Gasteiger partial charge on any atom is 0.178 e. The van der Waals surface area contributed by atoms with Gasteiger partial charge in [0.1, 0.15) is 11.3 Å². The van der Waals surface area contributed by atoms with E-state index in [1.807, 2.05) is 18.2 Å². The normalized spacial score (nSPS) is 10.4. The highest BCUT2D eigenvalue weighted by Gasteiger charge is 2.09. The number of hydrogen-bond acceptors (Lipinski definition) is 6. The standard InChI is InChI=1S/C11H13N3OS2/c1-2-6-15-8-4-3-5-9(10(8)12)17-11-14-13-7-16-11/h3-5,7H,2,6,12H2,1H3. The molecule has 0 atom stereocenters. The summed E-state index contributed by atoms with van der Waals surface area (Å²) in [5.41, 5.74) is 8.42. The molecule has 0 aliphatic carbocycles. The number of nitrogens with zero attached hydrogens (tertiary/aromatic N) is 2. The smallest absolute Gasteiger partial charge is 0.178 e. The van der Waals surface area contributed by atoms with Crippen LogP contribution >= 0.6 is 23.1 Å². The monoisotopic (exact) mass is 267 g/mol. The van der Waals surface area contributed by atoms with Crippen molar-refractivity contribution < 1.29 is 4.74 Å². The summed E-state index contributed by atoms with van der Waals surface area (Å²) in [5, 5.41) is 7.78. The molecular weight excluding hydrogens is 254 g/mol. The second kappa shape index (κ2) is 5.88. The van der Waals surface area contributed by atoms with Crippen molar-refractivity contribution in [2.75, 3.05) is 12.3 Å². The Bertz CT molecular complexity index is 474. The Hall–Kier alpha value is -1.27. The zero-order valence-electron chi connectivity index (χ0n) is 9.42. The third kappa shape index (κ3) is 3.10. The van der Waals surface area contributed by atoms with Crippen molar-refractivity contribution in [3.8, 4) is 5.75 Å². The van der Waals surface area contributed by atoms with Crippen molar-refractivity contribution >= 4 is 28.8 Å². The van der Waals surface area contributed by atoms with E-state index in [-0.39, 0.29) is 0 Å². The van der Waals surface area contributed by atoms with Crippen molar-refractivity contribution in [2.24, 2.45) is 0 Å². The van der Waals surface area contributed by atoms with Crippen molar-refractivity contribution in [3.05, 3.63) is 23.7 Å². The Kier molecular flexibility index (Phi) is 4.22. The van der Waals surface area contributed by atoms with E-state index in [9.17, 15) is 0 Å². The molecular formula is C11H13N3OS2. The Morgan fingerprint density at radius 2 is 2.35 bits per heavy atom. The maximum atomic E-state index is 6.05. The van der Waals surface area contributed by atoms with Crippen LogP contribution in [0.25, 0.3) is 0 Å². The number of hydrogen-bond donors (Lipinski definition) is 1. The second-order valence-corrected chi connectivity index (χ2v) is 5.45. The van der Waals surface area contributed by atoms with E-state index in [0.29, 0.717) is 12.3 Å². The van der Waals surface area contributed by atoms with Crippen LogP contribution in [0.5, 0.6) is 5.75 Å². The average molecular weight is 267 g/mol. The molecule has 1 aromatic heterocycles. The van der Waals surface area contributed by atoms with E-state index in [4.69, 9.17) is 10.5 Å². The Balaban J connectivity index is 2.17. The minimum Gasteiger partial charge on any atom is -0.491 e. The van der Waals surface area contributed by atoms with E-state index in [2.05, 4.69) is 17.1 Å². The number of rotatable bonds is 5. The molecule has 2 N–H and O–H groups in total. The van der Waals surface area contributed by atoms with Gasteiger partial charge in [0.15, 0.2) is 4.34 Å². The molecule has 1 aromatic carbocycles. The molecule has 0 aliphatic heterocycles. The molecule has 2 rings (SSSR count).